The van der Waals surface area contributed by atoms with E-state index in [1.165, 1.54) is 0 Å². The predicted octanol–water partition coefficient (Wildman–Crippen LogP) is 2.25. The maximum Gasteiger partial charge on any atom is 0.331 e. The fourth-order valence-electron chi connectivity index (χ4n) is 0.536. The standard InChI is InChI=1S/C6H7N.C4H12O2Si/c7-6-4-2-1-3-5-6;1-5-7(3,4)6-2/h1-5H,7H2;1-4H3. The molecule has 0 amide bonds. The third-order valence-corrected chi connectivity index (χ3v) is 3.75. The number of anilines is 1. The molecule has 0 spiro atoms. The van der Waals surface area contributed by atoms with Crippen molar-refractivity contribution in [3.8, 4) is 0 Å². The Morgan fingerprint density at radius 2 is 1.43 bits per heavy atom. The molecule has 0 saturated carbocycles. The van der Waals surface area contributed by atoms with Crippen molar-refractivity contribution in [1.82, 2.24) is 0 Å². The van der Waals surface area contributed by atoms with E-state index in [0.29, 0.717) is 0 Å². The van der Waals surface area contributed by atoms with E-state index in [-0.39, 0.29) is 0 Å². The van der Waals surface area contributed by atoms with Crippen LogP contribution in [-0.4, -0.2) is 22.8 Å². The van der Waals surface area contributed by atoms with Crippen molar-refractivity contribution < 1.29 is 8.85 Å². The number of hydrogen-bond donors (Lipinski definition) is 1. The monoisotopic (exact) mass is 213 g/mol. The normalized spacial score (nSPS) is 10.3. The zero-order valence-electron chi connectivity index (χ0n) is 9.28. The molecule has 0 aliphatic carbocycles. The third-order valence-electron chi connectivity index (χ3n) is 1.78. The molecule has 14 heavy (non-hydrogen) atoms. The SMILES string of the molecule is CO[Si](C)(C)OC.Nc1ccccc1. The molecule has 0 unspecified atom stereocenters. The summed E-state index contributed by atoms with van der Waals surface area (Å²) in [5.74, 6) is 0. The second-order valence-electron chi connectivity index (χ2n) is 3.22. The number of nitrogen functional groups attached to an aromatic ring is 1. The van der Waals surface area contributed by atoms with Crippen LogP contribution in [0.1, 0.15) is 0 Å². The van der Waals surface area contributed by atoms with Crippen molar-refractivity contribution in [2.75, 3.05) is 20.0 Å². The summed E-state index contributed by atoms with van der Waals surface area (Å²) in [5, 5.41) is 0. The summed E-state index contributed by atoms with van der Waals surface area (Å²) in [6.45, 7) is 3.99. The van der Waals surface area contributed by atoms with Crippen molar-refractivity contribution in [1.29, 1.82) is 0 Å². The van der Waals surface area contributed by atoms with E-state index in [0.717, 1.165) is 5.69 Å². The van der Waals surface area contributed by atoms with E-state index in [2.05, 4.69) is 0 Å². The molecule has 0 heterocycles. The van der Waals surface area contributed by atoms with Crippen LogP contribution in [0, 0.1) is 0 Å². The number of rotatable bonds is 2. The van der Waals surface area contributed by atoms with Crippen molar-refractivity contribution in [2.45, 2.75) is 13.1 Å². The first-order valence-corrected chi connectivity index (χ1v) is 7.24. The van der Waals surface area contributed by atoms with Crippen LogP contribution >= 0.6 is 0 Å². The number of para-hydroxylation sites is 1. The number of hydrogen-bond acceptors (Lipinski definition) is 3. The Morgan fingerprint density at radius 1 is 1.00 bits per heavy atom. The van der Waals surface area contributed by atoms with Crippen LogP contribution in [0.5, 0.6) is 0 Å². The highest BCUT2D eigenvalue weighted by atomic mass is 28.4. The maximum absolute atomic E-state index is 5.36. The van der Waals surface area contributed by atoms with E-state index in [1.54, 1.807) is 14.2 Å². The summed E-state index contributed by atoms with van der Waals surface area (Å²) < 4.78 is 10.0. The van der Waals surface area contributed by atoms with Crippen LogP contribution in [0.25, 0.3) is 0 Å². The molecule has 1 aromatic rings. The first kappa shape index (κ1) is 13.2. The number of nitrogens with two attached hydrogens (primary N) is 1. The molecule has 0 aliphatic heterocycles. The molecule has 4 heteroatoms. The highest BCUT2D eigenvalue weighted by Crippen LogP contribution is 2.00. The van der Waals surface area contributed by atoms with Crippen LogP contribution in [0.4, 0.5) is 5.69 Å². The number of benzene rings is 1. The molecule has 0 bridgehead atoms. The topological polar surface area (TPSA) is 44.5 Å². The van der Waals surface area contributed by atoms with E-state index < -0.39 is 8.56 Å². The largest absolute Gasteiger partial charge is 0.399 e. The molecular weight excluding hydrogens is 194 g/mol. The average molecular weight is 213 g/mol. The highest BCUT2D eigenvalue weighted by Gasteiger charge is 2.19. The Labute approximate surface area is 87.1 Å². The van der Waals surface area contributed by atoms with Gasteiger partial charge >= 0.3 is 8.56 Å². The van der Waals surface area contributed by atoms with Gasteiger partial charge in [0.1, 0.15) is 0 Å². The predicted molar refractivity (Wildman–Crippen MR) is 62.4 cm³/mol. The van der Waals surface area contributed by atoms with Gasteiger partial charge in [-0.15, -0.1) is 0 Å². The van der Waals surface area contributed by atoms with Gasteiger partial charge in [-0.05, 0) is 25.2 Å². The van der Waals surface area contributed by atoms with Crippen molar-refractivity contribution in [2.24, 2.45) is 0 Å². The van der Waals surface area contributed by atoms with Crippen molar-refractivity contribution >= 4 is 14.2 Å². The minimum atomic E-state index is -1.65. The molecule has 0 aromatic heterocycles. The van der Waals surface area contributed by atoms with Gasteiger partial charge in [0.15, 0.2) is 0 Å². The molecule has 0 radical (unpaired) electrons. The van der Waals surface area contributed by atoms with E-state index in [9.17, 15) is 0 Å². The van der Waals surface area contributed by atoms with Crippen molar-refractivity contribution in [3.63, 3.8) is 0 Å². The zero-order chi connectivity index (χ0) is 11.0. The van der Waals surface area contributed by atoms with Crippen LogP contribution in [0.2, 0.25) is 13.1 Å². The molecule has 1 aromatic carbocycles. The third kappa shape index (κ3) is 6.65. The van der Waals surface area contributed by atoms with Crippen LogP contribution < -0.4 is 5.73 Å². The highest BCUT2D eigenvalue weighted by molar-refractivity contribution is 6.64. The summed E-state index contributed by atoms with van der Waals surface area (Å²) in [7, 11) is 1.70. The fraction of sp³-hybridized carbons (Fsp3) is 0.400. The smallest absolute Gasteiger partial charge is 0.331 e. The molecule has 2 N–H and O–H groups in total. The molecule has 0 aliphatic rings. The van der Waals surface area contributed by atoms with Gasteiger partial charge in [-0.1, -0.05) is 18.2 Å². The molecular formula is C10H19NO2Si. The molecule has 3 nitrogen and oxygen atoms in total. The van der Waals surface area contributed by atoms with E-state index in [4.69, 9.17) is 14.6 Å². The van der Waals surface area contributed by atoms with Gasteiger partial charge in [-0.2, -0.15) is 0 Å². The van der Waals surface area contributed by atoms with Gasteiger partial charge in [0.2, 0.25) is 0 Å². The summed E-state index contributed by atoms with van der Waals surface area (Å²) >= 11 is 0. The Bertz CT molecular complexity index is 233. The van der Waals surface area contributed by atoms with Gasteiger partial charge in [0.05, 0.1) is 0 Å². The van der Waals surface area contributed by atoms with Crippen LogP contribution in [-0.2, 0) is 8.85 Å². The minimum Gasteiger partial charge on any atom is -0.399 e. The Morgan fingerprint density at radius 3 is 1.57 bits per heavy atom. The molecule has 0 atom stereocenters. The zero-order valence-corrected chi connectivity index (χ0v) is 10.3. The second-order valence-corrected chi connectivity index (χ2v) is 6.83. The van der Waals surface area contributed by atoms with Crippen LogP contribution in [0.15, 0.2) is 30.3 Å². The van der Waals surface area contributed by atoms with Gasteiger partial charge in [-0.3, -0.25) is 0 Å². The first-order chi connectivity index (χ1) is 6.52. The lowest BCUT2D eigenvalue weighted by Gasteiger charge is -2.15. The average Bonchev–Trinajstić information content (AvgIpc) is 2.20. The Balaban J connectivity index is 0.000000241. The van der Waals surface area contributed by atoms with Gasteiger partial charge in [-0.25, -0.2) is 0 Å². The Hall–Kier alpha value is -0.843. The fourth-order valence-corrected chi connectivity index (χ4v) is 0.703. The van der Waals surface area contributed by atoms with Gasteiger partial charge < -0.3 is 14.6 Å². The van der Waals surface area contributed by atoms with E-state index in [1.807, 2.05) is 43.4 Å². The Kier molecular flexibility index (Phi) is 6.19. The van der Waals surface area contributed by atoms with Gasteiger partial charge in [0.25, 0.3) is 0 Å². The lowest BCUT2D eigenvalue weighted by atomic mass is 10.3. The molecule has 0 fully saturated rings. The lowest BCUT2D eigenvalue weighted by Crippen LogP contribution is -2.31. The quantitative estimate of drug-likeness (QED) is 0.605. The van der Waals surface area contributed by atoms with Gasteiger partial charge in [0, 0.05) is 19.9 Å². The van der Waals surface area contributed by atoms with Crippen molar-refractivity contribution in [3.05, 3.63) is 30.3 Å². The molecule has 0 saturated heterocycles. The minimum absolute atomic E-state index is 0.822. The summed E-state index contributed by atoms with van der Waals surface area (Å²) in [6, 6.07) is 9.49. The summed E-state index contributed by atoms with van der Waals surface area (Å²) in [5.41, 5.74) is 6.18. The summed E-state index contributed by atoms with van der Waals surface area (Å²) in [6.07, 6.45) is 0. The summed E-state index contributed by atoms with van der Waals surface area (Å²) in [4.78, 5) is 0. The van der Waals surface area contributed by atoms with E-state index >= 15 is 0 Å². The second kappa shape index (κ2) is 6.59. The maximum atomic E-state index is 5.36. The molecule has 1 rings (SSSR count). The first-order valence-electron chi connectivity index (χ1n) is 4.42. The lowest BCUT2D eigenvalue weighted by molar-refractivity contribution is 0.258. The van der Waals surface area contributed by atoms with Crippen LogP contribution in [0.3, 0.4) is 0 Å². The molecule has 80 valence electrons.